The van der Waals surface area contributed by atoms with Gasteiger partial charge in [0.1, 0.15) is 0 Å². The summed E-state index contributed by atoms with van der Waals surface area (Å²) in [7, 11) is 0. The van der Waals surface area contributed by atoms with Crippen molar-refractivity contribution in [1.29, 1.82) is 0 Å². The molecule has 0 aromatic carbocycles. The average molecular weight is 239 g/mol. The van der Waals surface area contributed by atoms with Gasteiger partial charge in [0, 0.05) is 12.5 Å². The lowest BCUT2D eigenvalue weighted by atomic mass is 10.0. The van der Waals surface area contributed by atoms with Gasteiger partial charge >= 0.3 is 0 Å². The van der Waals surface area contributed by atoms with Crippen LogP contribution < -0.4 is 11.1 Å². The molecule has 0 saturated carbocycles. The minimum atomic E-state index is 0. The number of amides is 1. The van der Waals surface area contributed by atoms with Crippen LogP contribution in [0.15, 0.2) is 0 Å². The summed E-state index contributed by atoms with van der Waals surface area (Å²) in [5, 5.41) is 2.93. The number of hydrogen-bond donors (Lipinski definition) is 2. The van der Waals surface area contributed by atoms with Gasteiger partial charge in [-0.2, -0.15) is 11.8 Å². The molecule has 5 heteroatoms. The zero-order valence-electron chi connectivity index (χ0n) is 8.33. The molecule has 0 radical (unpaired) electrons. The molecule has 1 aliphatic heterocycles. The molecule has 0 unspecified atom stereocenters. The first kappa shape index (κ1) is 14.1. The summed E-state index contributed by atoms with van der Waals surface area (Å²) in [5.74, 6) is 2.76. The van der Waals surface area contributed by atoms with E-state index in [0.29, 0.717) is 6.54 Å². The van der Waals surface area contributed by atoms with Crippen molar-refractivity contribution >= 4 is 30.1 Å². The van der Waals surface area contributed by atoms with Crippen LogP contribution in [-0.2, 0) is 4.79 Å². The summed E-state index contributed by atoms with van der Waals surface area (Å²) < 4.78 is 0. The summed E-state index contributed by atoms with van der Waals surface area (Å²) in [6, 6.07) is 0. The molecule has 0 bridgehead atoms. The Morgan fingerprint density at radius 1 is 1.43 bits per heavy atom. The van der Waals surface area contributed by atoms with Crippen LogP contribution in [0.5, 0.6) is 0 Å². The Balaban J connectivity index is 0.00000169. The summed E-state index contributed by atoms with van der Waals surface area (Å²) in [6.45, 7) is 1.39. The van der Waals surface area contributed by atoms with E-state index >= 15 is 0 Å². The van der Waals surface area contributed by atoms with E-state index in [9.17, 15) is 4.79 Å². The Labute approximate surface area is 96.0 Å². The number of hydrogen-bond acceptors (Lipinski definition) is 3. The van der Waals surface area contributed by atoms with Crippen molar-refractivity contribution in [3.8, 4) is 0 Å². The van der Waals surface area contributed by atoms with Crippen molar-refractivity contribution in [2.75, 3.05) is 24.6 Å². The highest BCUT2D eigenvalue weighted by molar-refractivity contribution is 7.99. The van der Waals surface area contributed by atoms with Crippen LogP contribution in [0.3, 0.4) is 0 Å². The number of nitrogens with one attached hydrogen (secondary N) is 1. The van der Waals surface area contributed by atoms with Crippen LogP contribution in [0.4, 0.5) is 0 Å². The lowest BCUT2D eigenvalue weighted by Gasteiger charge is -2.20. The number of halogens is 1. The van der Waals surface area contributed by atoms with Gasteiger partial charge in [0.2, 0.25) is 5.91 Å². The summed E-state index contributed by atoms with van der Waals surface area (Å²) >= 11 is 1.94. The Morgan fingerprint density at radius 2 is 2.07 bits per heavy atom. The SMILES string of the molecule is Cl.NCCCNC(=O)C1CCSCC1. The van der Waals surface area contributed by atoms with Gasteiger partial charge in [-0.25, -0.2) is 0 Å². The van der Waals surface area contributed by atoms with Crippen LogP contribution in [0.2, 0.25) is 0 Å². The minimum absolute atomic E-state index is 0. The molecule has 0 aromatic heterocycles. The second kappa shape index (κ2) is 8.38. The number of nitrogens with two attached hydrogens (primary N) is 1. The van der Waals surface area contributed by atoms with Crippen LogP contribution in [0.25, 0.3) is 0 Å². The molecule has 3 N–H and O–H groups in total. The van der Waals surface area contributed by atoms with Crippen molar-refractivity contribution in [2.45, 2.75) is 19.3 Å². The minimum Gasteiger partial charge on any atom is -0.356 e. The Morgan fingerprint density at radius 3 is 2.64 bits per heavy atom. The predicted octanol–water partition coefficient (Wildman–Crippen LogP) is 1.02. The zero-order valence-corrected chi connectivity index (χ0v) is 9.96. The van der Waals surface area contributed by atoms with Gasteiger partial charge in [-0.05, 0) is 37.3 Å². The van der Waals surface area contributed by atoms with Crippen LogP contribution >= 0.6 is 24.2 Å². The molecule has 0 atom stereocenters. The fraction of sp³-hybridized carbons (Fsp3) is 0.889. The van der Waals surface area contributed by atoms with Gasteiger partial charge in [0.15, 0.2) is 0 Å². The average Bonchev–Trinajstić information content (AvgIpc) is 2.19. The first-order valence-electron chi connectivity index (χ1n) is 4.90. The molecule has 84 valence electrons. The van der Waals surface area contributed by atoms with Crippen LogP contribution in [0.1, 0.15) is 19.3 Å². The monoisotopic (exact) mass is 238 g/mol. The van der Waals surface area contributed by atoms with Gasteiger partial charge in [0.05, 0.1) is 0 Å². The van der Waals surface area contributed by atoms with Gasteiger partial charge in [-0.3, -0.25) is 4.79 Å². The van der Waals surface area contributed by atoms with E-state index in [0.717, 1.165) is 37.3 Å². The van der Waals surface area contributed by atoms with E-state index in [1.54, 1.807) is 0 Å². The van der Waals surface area contributed by atoms with Crippen LogP contribution in [-0.4, -0.2) is 30.5 Å². The molecular formula is C9H19ClN2OS. The molecule has 0 aliphatic carbocycles. The van der Waals surface area contributed by atoms with Crippen molar-refractivity contribution in [3.63, 3.8) is 0 Å². The molecule has 0 spiro atoms. The topological polar surface area (TPSA) is 55.1 Å². The van der Waals surface area contributed by atoms with E-state index in [-0.39, 0.29) is 24.2 Å². The smallest absolute Gasteiger partial charge is 0.223 e. The van der Waals surface area contributed by atoms with Crippen molar-refractivity contribution in [2.24, 2.45) is 11.7 Å². The predicted molar refractivity (Wildman–Crippen MR) is 64.0 cm³/mol. The fourth-order valence-corrected chi connectivity index (χ4v) is 2.52. The molecule has 0 aromatic rings. The summed E-state index contributed by atoms with van der Waals surface area (Å²) in [6.07, 6.45) is 2.96. The Bertz CT molecular complexity index is 163. The maximum absolute atomic E-state index is 11.5. The third kappa shape index (κ3) is 5.08. The highest BCUT2D eigenvalue weighted by atomic mass is 35.5. The number of thioether (sulfide) groups is 1. The van der Waals surface area contributed by atoms with E-state index in [1.165, 1.54) is 0 Å². The van der Waals surface area contributed by atoms with E-state index < -0.39 is 0 Å². The van der Waals surface area contributed by atoms with Crippen molar-refractivity contribution in [3.05, 3.63) is 0 Å². The second-order valence-corrected chi connectivity index (χ2v) is 4.54. The first-order chi connectivity index (χ1) is 6.34. The maximum Gasteiger partial charge on any atom is 0.223 e. The normalized spacial score (nSPS) is 17.2. The lowest BCUT2D eigenvalue weighted by molar-refractivity contribution is -0.125. The van der Waals surface area contributed by atoms with Crippen molar-refractivity contribution in [1.82, 2.24) is 5.32 Å². The summed E-state index contributed by atoms with van der Waals surface area (Å²) in [5.41, 5.74) is 5.34. The molecular weight excluding hydrogens is 220 g/mol. The Kier molecular flexibility index (Phi) is 8.43. The van der Waals surface area contributed by atoms with E-state index in [4.69, 9.17) is 5.73 Å². The van der Waals surface area contributed by atoms with Gasteiger partial charge in [0.25, 0.3) is 0 Å². The van der Waals surface area contributed by atoms with Gasteiger partial charge in [-0.15, -0.1) is 12.4 Å². The Hall–Kier alpha value is 0.0700. The first-order valence-corrected chi connectivity index (χ1v) is 6.05. The van der Waals surface area contributed by atoms with Gasteiger partial charge in [-0.1, -0.05) is 0 Å². The molecule has 1 rings (SSSR count). The maximum atomic E-state index is 11.5. The third-order valence-electron chi connectivity index (χ3n) is 2.27. The molecule has 1 aliphatic rings. The van der Waals surface area contributed by atoms with Crippen LogP contribution in [0, 0.1) is 5.92 Å². The standard InChI is InChI=1S/C9H18N2OS.ClH/c10-4-1-5-11-9(12)8-2-6-13-7-3-8;/h8H,1-7,10H2,(H,11,12);1H. The zero-order chi connectivity index (χ0) is 9.52. The lowest BCUT2D eigenvalue weighted by Crippen LogP contribution is -2.34. The fourth-order valence-electron chi connectivity index (χ4n) is 1.42. The molecule has 1 saturated heterocycles. The van der Waals surface area contributed by atoms with Gasteiger partial charge < -0.3 is 11.1 Å². The molecule has 1 heterocycles. The number of carbonyl (C=O) groups is 1. The summed E-state index contributed by atoms with van der Waals surface area (Å²) in [4.78, 5) is 11.5. The number of rotatable bonds is 4. The molecule has 1 fully saturated rings. The van der Waals surface area contributed by atoms with Crippen molar-refractivity contribution < 1.29 is 4.79 Å². The molecule has 3 nitrogen and oxygen atoms in total. The molecule has 14 heavy (non-hydrogen) atoms. The van der Waals surface area contributed by atoms with E-state index in [2.05, 4.69) is 5.32 Å². The quantitative estimate of drug-likeness (QED) is 0.719. The molecule has 1 amide bonds. The highest BCUT2D eigenvalue weighted by Gasteiger charge is 2.20. The number of carbonyl (C=O) groups excluding carboxylic acids is 1. The largest absolute Gasteiger partial charge is 0.356 e. The second-order valence-electron chi connectivity index (χ2n) is 3.32. The third-order valence-corrected chi connectivity index (χ3v) is 3.32. The highest BCUT2D eigenvalue weighted by Crippen LogP contribution is 2.22. The van der Waals surface area contributed by atoms with E-state index in [1.807, 2.05) is 11.8 Å².